The average Bonchev–Trinajstić information content (AvgIpc) is 2.98. The zero-order valence-corrected chi connectivity index (χ0v) is 13.4. The average molecular weight is 338 g/mol. The summed E-state index contributed by atoms with van der Waals surface area (Å²) in [4.78, 5) is 1.34. The van der Waals surface area contributed by atoms with Crippen molar-refractivity contribution in [1.82, 2.24) is 5.32 Å². The molecule has 0 radical (unpaired) electrons. The van der Waals surface area contributed by atoms with Crippen molar-refractivity contribution in [1.29, 1.82) is 0 Å². The van der Waals surface area contributed by atoms with Gasteiger partial charge in [-0.1, -0.05) is 12.1 Å². The molecule has 2 heterocycles. The number of ether oxygens (including phenoxy) is 1. The van der Waals surface area contributed by atoms with E-state index in [1.54, 1.807) is 11.3 Å². The van der Waals surface area contributed by atoms with Crippen LogP contribution in [0.25, 0.3) is 0 Å². The lowest BCUT2D eigenvalue weighted by Crippen LogP contribution is -2.16. The SMILES string of the molecule is CNC(c1ccc2c(c1)CCO2)c1cc(C)c(Br)s1. The molecule has 0 bridgehead atoms. The molecule has 19 heavy (non-hydrogen) atoms. The van der Waals surface area contributed by atoms with Crippen LogP contribution in [0.3, 0.4) is 0 Å². The molecule has 0 saturated heterocycles. The molecule has 0 fully saturated rings. The summed E-state index contributed by atoms with van der Waals surface area (Å²) in [5.74, 6) is 1.04. The molecule has 1 atom stereocenters. The molecule has 1 unspecified atom stereocenters. The fraction of sp³-hybridized carbons (Fsp3) is 0.333. The molecule has 100 valence electrons. The summed E-state index contributed by atoms with van der Waals surface area (Å²) in [6.07, 6.45) is 1.02. The fourth-order valence-electron chi connectivity index (χ4n) is 2.49. The molecule has 1 N–H and O–H groups in total. The second-order valence-electron chi connectivity index (χ2n) is 4.79. The van der Waals surface area contributed by atoms with Gasteiger partial charge in [-0.2, -0.15) is 0 Å². The Hall–Kier alpha value is -0.840. The van der Waals surface area contributed by atoms with Crippen molar-refractivity contribution in [2.24, 2.45) is 0 Å². The smallest absolute Gasteiger partial charge is 0.122 e. The Labute approximate surface area is 125 Å². The molecule has 2 nitrogen and oxygen atoms in total. The highest BCUT2D eigenvalue weighted by molar-refractivity contribution is 9.11. The van der Waals surface area contributed by atoms with Gasteiger partial charge >= 0.3 is 0 Å². The van der Waals surface area contributed by atoms with Crippen molar-refractivity contribution in [2.45, 2.75) is 19.4 Å². The van der Waals surface area contributed by atoms with E-state index in [4.69, 9.17) is 4.74 Å². The van der Waals surface area contributed by atoms with Crippen LogP contribution in [0, 0.1) is 6.92 Å². The summed E-state index contributed by atoms with van der Waals surface area (Å²) in [6, 6.07) is 9.03. The van der Waals surface area contributed by atoms with Crippen LogP contribution < -0.4 is 10.1 Å². The molecule has 1 aliphatic rings. The molecule has 1 aromatic heterocycles. The van der Waals surface area contributed by atoms with Gasteiger partial charge in [-0.25, -0.2) is 0 Å². The van der Waals surface area contributed by atoms with Crippen LogP contribution in [-0.4, -0.2) is 13.7 Å². The van der Waals surface area contributed by atoms with Crippen LogP contribution in [0.4, 0.5) is 0 Å². The van der Waals surface area contributed by atoms with Crippen molar-refractivity contribution < 1.29 is 4.74 Å². The summed E-state index contributed by atoms with van der Waals surface area (Å²) < 4.78 is 6.79. The normalized spacial score (nSPS) is 15.1. The number of thiophene rings is 1. The minimum atomic E-state index is 0.251. The highest BCUT2D eigenvalue weighted by Crippen LogP contribution is 2.36. The van der Waals surface area contributed by atoms with E-state index >= 15 is 0 Å². The quantitative estimate of drug-likeness (QED) is 0.911. The van der Waals surface area contributed by atoms with E-state index in [1.165, 1.54) is 25.4 Å². The highest BCUT2D eigenvalue weighted by atomic mass is 79.9. The summed E-state index contributed by atoms with van der Waals surface area (Å²) in [5, 5.41) is 3.42. The van der Waals surface area contributed by atoms with E-state index in [0.29, 0.717) is 0 Å². The molecule has 0 amide bonds. The van der Waals surface area contributed by atoms with Crippen LogP contribution in [0.1, 0.15) is 27.6 Å². The van der Waals surface area contributed by atoms with Gasteiger partial charge in [0.1, 0.15) is 5.75 Å². The van der Waals surface area contributed by atoms with Crippen LogP contribution in [-0.2, 0) is 6.42 Å². The second kappa shape index (κ2) is 5.27. The van der Waals surface area contributed by atoms with E-state index in [1.807, 2.05) is 7.05 Å². The zero-order valence-electron chi connectivity index (χ0n) is 11.0. The van der Waals surface area contributed by atoms with E-state index in [9.17, 15) is 0 Å². The Morgan fingerprint density at radius 3 is 2.89 bits per heavy atom. The summed E-state index contributed by atoms with van der Waals surface area (Å²) in [5.41, 5.74) is 3.93. The number of hydrogen-bond acceptors (Lipinski definition) is 3. The van der Waals surface area contributed by atoms with Crippen LogP contribution in [0.5, 0.6) is 5.75 Å². The van der Waals surface area contributed by atoms with Gasteiger partial charge in [-0.3, -0.25) is 0 Å². The maximum Gasteiger partial charge on any atom is 0.122 e. The van der Waals surface area contributed by atoms with Crippen LogP contribution >= 0.6 is 27.3 Å². The Morgan fingerprint density at radius 2 is 2.21 bits per heavy atom. The number of fused-ring (bicyclic) bond motifs is 1. The molecule has 0 aliphatic carbocycles. The Morgan fingerprint density at radius 1 is 1.37 bits per heavy atom. The third-order valence-corrected chi connectivity index (χ3v) is 5.70. The van der Waals surface area contributed by atoms with E-state index < -0.39 is 0 Å². The lowest BCUT2D eigenvalue weighted by molar-refractivity contribution is 0.357. The van der Waals surface area contributed by atoms with Crippen molar-refractivity contribution in [2.75, 3.05) is 13.7 Å². The first-order chi connectivity index (χ1) is 9.19. The van der Waals surface area contributed by atoms with Gasteiger partial charge in [0.15, 0.2) is 0 Å². The molecule has 1 aromatic carbocycles. The third kappa shape index (κ3) is 2.45. The van der Waals surface area contributed by atoms with Gasteiger partial charge in [0.05, 0.1) is 16.4 Å². The van der Waals surface area contributed by atoms with E-state index in [-0.39, 0.29) is 6.04 Å². The van der Waals surface area contributed by atoms with Gasteiger partial charge in [-0.05, 0) is 58.7 Å². The minimum Gasteiger partial charge on any atom is -0.493 e. The molecule has 0 spiro atoms. The number of halogens is 1. The monoisotopic (exact) mass is 337 g/mol. The van der Waals surface area contributed by atoms with Crippen molar-refractivity contribution in [3.63, 3.8) is 0 Å². The number of nitrogens with one attached hydrogen (secondary N) is 1. The highest BCUT2D eigenvalue weighted by Gasteiger charge is 2.19. The molecular formula is C15H16BrNOS. The van der Waals surface area contributed by atoms with Crippen molar-refractivity contribution >= 4 is 27.3 Å². The summed E-state index contributed by atoms with van der Waals surface area (Å²) >= 11 is 5.40. The first-order valence-electron chi connectivity index (χ1n) is 6.37. The van der Waals surface area contributed by atoms with Gasteiger partial charge in [0.2, 0.25) is 0 Å². The Bertz CT molecular complexity index is 589. The molecular weight excluding hydrogens is 322 g/mol. The number of hydrogen-bond donors (Lipinski definition) is 1. The number of rotatable bonds is 3. The van der Waals surface area contributed by atoms with Gasteiger partial charge in [-0.15, -0.1) is 11.3 Å². The minimum absolute atomic E-state index is 0.251. The topological polar surface area (TPSA) is 21.3 Å². The predicted molar refractivity (Wildman–Crippen MR) is 83.3 cm³/mol. The van der Waals surface area contributed by atoms with Gasteiger partial charge in [0, 0.05) is 11.3 Å². The summed E-state index contributed by atoms with van der Waals surface area (Å²) in [7, 11) is 2.01. The molecule has 0 saturated carbocycles. The van der Waals surface area contributed by atoms with Crippen LogP contribution in [0.15, 0.2) is 28.1 Å². The first kappa shape index (κ1) is 13.2. The predicted octanol–water partition coefficient (Wildman–Crippen LogP) is 4.06. The van der Waals surface area contributed by atoms with Crippen molar-refractivity contribution in [3.8, 4) is 5.75 Å². The Balaban J connectivity index is 1.98. The largest absolute Gasteiger partial charge is 0.493 e. The fourth-order valence-corrected chi connectivity index (χ4v) is 4.19. The lowest BCUT2D eigenvalue weighted by Gasteiger charge is -2.16. The van der Waals surface area contributed by atoms with Gasteiger partial charge in [0.25, 0.3) is 0 Å². The maximum absolute atomic E-state index is 5.57. The van der Waals surface area contributed by atoms with E-state index in [2.05, 4.69) is 52.4 Å². The maximum atomic E-state index is 5.57. The molecule has 4 heteroatoms. The molecule has 1 aliphatic heterocycles. The standard InChI is InChI=1S/C15H16BrNOS/c1-9-7-13(19-15(9)16)14(17-2)11-3-4-12-10(8-11)5-6-18-12/h3-4,7-8,14,17H,5-6H2,1-2H3. The number of benzene rings is 1. The van der Waals surface area contributed by atoms with E-state index in [0.717, 1.165) is 18.8 Å². The van der Waals surface area contributed by atoms with Crippen LogP contribution in [0.2, 0.25) is 0 Å². The zero-order chi connectivity index (χ0) is 13.4. The van der Waals surface area contributed by atoms with Gasteiger partial charge < -0.3 is 10.1 Å². The lowest BCUT2D eigenvalue weighted by atomic mass is 10.0. The second-order valence-corrected chi connectivity index (χ2v) is 7.19. The first-order valence-corrected chi connectivity index (χ1v) is 7.98. The third-order valence-electron chi connectivity index (χ3n) is 3.50. The molecule has 3 rings (SSSR count). The summed E-state index contributed by atoms with van der Waals surface area (Å²) in [6.45, 7) is 2.94. The van der Waals surface area contributed by atoms with Crippen molar-refractivity contribution in [3.05, 3.63) is 49.6 Å². The number of aryl methyl sites for hydroxylation is 1. The Kier molecular flexibility index (Phi) is 3.65. The molecule has 2 aromatic rings.